The molecule has 0 N–H and O–H groups in total. The SMILES string of the molecule is C=CC1=C(/C=C\C)c2ccc(C)cc2CC1. The van der Waals surface area contributed by atoms with E-state index in [1.54, 1.807) is 0 Å². The van der Waals surface area contributed by atoms with Crippen molar-refractivity contribution in [3.8, 4) is 0 Å². The Labute approximate surface area is 98.0 Å². The van der Waals surface area contributed by atoms with E-state index in [1.807, 2.05) is 6.08 Å². The zero-order valence-corrected chi connectivity index (χ0v) is 10.1. The lowest BCUT2D eigenvalue weighted by Crippen LogP contribution is -2.03. The van der Waals surface area contributed by atoms with E-state index in [9.17, 15) is 0 Å². The molecule has 0 atom stereocenters. The molecule has 1 aliphatic rings. The Hall–Kier alpha value is -1.56. The number of hydrogen-bond acceptors (Lipinski definition) is 0. The van der Waals surface area contributed by atoms with Gasteiger partial charge >= 0.3 is 0 Å². The first-order valence-corrected chi connectivity index (χ1v) is 5.84. The van der Waals surface area contributed by atoms with Gasteiger partial charge in [0.05, 0.1) is 0 Å². The molecule has 0 heterocycles. The van der Waals surface area contributed by atoms with Crippen molar-refractivity contribution in [3.05, 3.63) is 65.3 Å². The molecule has 0 spiro atoms. The largest absolute Gasteiger partial charge is 0.0988 e. The summed E-state index contributed by atoms with van der Waals surface area (Å²) >= 11 is 0. The van der Waals surface area contributed by atoms with Crippen molar-refractivity contribution in [1.82, 2.24) is 0 Å². The van der Waals surface area contributed by atoms with E-state index in [0.717, 1.165) is 12.8 Å². The van der Waals surface area contributed by atoms with Crippen molar-refractivity contribution < 1.29 is 0 Å². The second-order valence-corrected chi connectivity index (χ2v) is 4.30. The summed E-state index contributed by atoms with van der Waals surface area (Å²) in [7, 11) is 0. The van der Waals surface area contributed by atoms with Gasteiger partial charge < -0.3 is 0 Å². The summed E-state index contributed by atoms with van der Waals surface area (Å²) in [5, 5.41) is 0. The third-order valence-corrected chi connectivity index (χ3v) is 3.14. The molecule has 1 aromatic carbocycles. The predicted molar refractivity (Wildman–Crippen MR) is 71.4 cm³/mol. The second kappa shape index (κ2) is 4.52. The Morgan fingerprint density at radius 3 is 2.75 bits per heavy atom. The van der Waals surface area contributed by atoms with Crippen LogP contribution in [0.25, 0.3) is 5.57 Å². The summed E-state index contributed by atoms with van der Waals surface area (Å²) in [6, 6.07) is 6.73. The molecule has 0 amide bonds. The van der Waals surface area contributed by atoms with E-state index in [2.05, 4.69) is 50.8 Å². The maximum atomic E-state index is 3.92. The van der Waals surface area contributed by atoms with Crippen molar-refractivity contribution in [2.45, 2.75) is 26.7 Å². The van der Waals surface area contributed by atoms with Crippen LogP contribution in [0.1, 0.15) is 30.0 Å². The van der Waals surface area contributed by atoms with Crippen LogP contribution in [0.15, 0.2) is 48.6 Å². The molecule has 0 nitrogen and oxygen atoms in total. The van der Waals surface area contributed by atoms with Gasteiger partial charge in [0.15, 0.2) is 0 Å². The highest BCUT2D eigenvalue weighted by Gasteiger charge is 2.14. The number of hydrogen-bond donors (Lipinski definition) is 0. The molecular weight excluding hydrogens is 192 g/mol. The summed E-state index contributed by atoms with van der Waals surface area (Å²) in [5.41, 5.74) is 6.91. The summed E-state index contributed by atoms with van der Waals surface area (Å²) < 4.78 is 0. The van der Waals surface area contributed by atoms with E-state index in [-0.39, 0.29) is 0 Å². The molecular formula is C16H18. The van der Waals surface area contributed by atoms with E-state index >= 15 is 0 Å². The Bertz CT molecular complexity index is 473. The topological polar surface area (TPSA) is 0 Å². The third-order valence-electron chi connectivity index (χ3n) is 3.14. The van der Waals surface area contributed by atoms with Crippen LogP contribution in [-0.4, -0.2) is 0 Å². The Balaban J connectivity index is 2.60. The van der Waals surface area contributed by atoms with Crippen LogP contribution in [0.4, 0.5) is 0 Å². The van der Waals surface area contributed by atoms with E-state index in [4.69, 9.17) is 0 Å². The van der Waals surface area contributed by atoms with Crippen molar-refractivity contribution in [2.75, 3.05) is 0 Å². The Morgan fingerprint density at radius 2 is 2.06 bits per heavy atom. The average molecular weight is 210 g/mol. The van der Waals surface area contributed by atoms with Gasteiger partial charge in [0.2, 0.25) is 0 Å². The Kier molecular flexibility index (Phi) is 3.09. The van der Waals surface area contributed by atoms with Gasteiger partial charge in [-0.05, 0) is 49.0 Å². The van der Waals surface area contributed by atoms with Crippen molar-refractivity contribution >= 4 is 5.57 Å². The normalized spacial score (nSPS) is 15.4. The lowest BCUT2D eigenvalue weighted by atomic mass is 9.84. The van der Waals surface area contributed by atoms with Gasteiger partial charge in [-0.1, -0.05) is 48.6 Å². The highest BCUT2D eigenvalue weighted by Crippen LogP contribution is 2.33. The van der Waals surface area contributed by atoms with Crippen molar-refractivity contribution in [2.24, 2.45) is 0 Å². The number of fused-ring (bicyclic) bond motifs is 1. The van der Waals surface area contributed by atoms with Crippen LogP contribution in [0, 0.1) is 6.92 Å². The molecule has 0 fully saturated rings. The quantitative estimate of drug-likeness (QED) is 0.676. The van der Waals surface area contributed by atoms with Crippen LogP contribution in [0.5, 0.6) is 0 Å². The molecule has 0 radical (unpaired) electrons. The maximum absolute atomic E-state index is 3.92. The molecule has 2 rings (SSSR count). The summed E-state index contributed by atoms with van der Waals surface area (Å²) in [4.78, 5) is 0. The Morgan fingerprint density at radius 1 is 1.25 bits per heavy atom. The maximum Gasteiger partial charge on any atom is -0.0149 e. The first-order valence-electron chi connectivity index (χ1n) is 5.84. The second-order valence-electron chi connectivity index (χ2n) is 4.30. The fourth-order valence-corrected chi connectivity index (χ4v) is 2.34. The summed E-state index contributed by atoms with van der Waals surface area (Å²) in [5.74, 6) is 0. The monoisotopic (exact) mass is 210 g/mol. The molecule has 0 bridgehead atoms. The zero-order chi connectivity index (χ0) is 11.5. The van der Waals surface area contributed by atoms with E-state index < -0.39 is 0 Å². The zero-order valence-electron chi connectivity index (χ0n) is 10.1. The van der Waals surface area contributed by atoms with Crippen molar-refractivity contribution in [1.29, 1.82) is 0 Å². The molecule has 82 valence electrons. The smallest absolute Gasteiger partial charge is 0.0149 e. The molecule has 16 heavy (non-hydrogen) atoms. The molecule has 0 unspecified atom stereocenters. The minimum Gasteiger partial charge on any atom is -0.0988 e. The molecule has 0 saturated carbocycles. The molecule has 0 aliphatic heterocycles. The summed E-state index contributed by atoms with van der Waals surface area (Å²) in [6.07, 6.45) is 8.55. The van der Waals surface area contributed by atoms with Crippen LogP contribution in [0.3, 0.4) is 0 Å². The first kappa shape index (κ1) is 10.9. The lowest BCUT2D eigenvalue weighted by Gasteiger charge is -2.20. The van der Waals surface area contributed by atoms with E-state index in [0.29, 0.717) is 0 Å². The van der Waals surface area contributed by atoms with Gasteiger partial charge in [-0.2, -0.15) is 0 Å². The molecule has 0 aromatic heterocycles. The number of aryl methyl sites for hydroxylation is 2. The number of rotatable bonds is 2. The molecule has 1 aromatic rings. The predicted octanol–water partition coefficient (Wildman–Crippen LogP) is 4.46. The highest BCUT2D eigenvalue weighted by atomic mass is 14.2. The van der Waals surface area contributed by atoms with Gasteiger partial charge in [0.25, 0.3) is 0 Å². The first-order chi connectivity index (χ1) is 7.76. The minimum atomic E-state index is 1.11. The van der Waals surface area contributed by atoms with Crippen LogP contribution >= 0.6 is 0 Å². The van der Waals surface area contributed by atoms with Gasteiger partial charge in [-0.15, -0.1) is 0 Å². The fraction of sp³-hybridized carbons (Fsp3) is 0.250. The third kappa shape index (κ3) is 1.88. The lowest BCUT2D eigenvalue weighted by molar-refractivity contribution is 0.941. The fourth-order valence-electron chi connectivity index (χ4n) is 2.34. The number of allylic oxidation sites excluding steroid dienone is 5. The van der Waals surface area contributed by atoms with E-state index in [1.165, 1.54) is 27.8 Å². The van der Waals surface area contributed by atoms with Gasteiger partial charge in [-0.25, -0.2) is 0 Å². The highest BCUT2D eigenvalue weighted by molar-refractivity contribution is 5.81. The van der Waals surface area contributed by atoms with Gasteiger partial charge in [0.1, 0.15) is 0 Å². The van der Waals surface area contributed by atoms with Crippen molar-refractivity contribution in [3.63, 3.8) is 0 Å². The van der Waals surface area contributed by atoms with Crippen LogP contribution in [-0.2, 0) is 6.42 Å². The molecule has 1 aliphatic carbocycles. The summed E-state index contributed by atoms with van der Waals surface area (Å²) in [6.45, 7) is 8.14. The van der Waals surface area contributed by atoms with Gasteiger partial charge in [0, 0.05) is 0 Å². The molecule has 0 heteroatoms. The van der Waals surface area contributed by atoms with Crippen LogP contribution < -0.4 is 0 Å². The average Bonchev–Trinajstić information content (AvgIpc) is 2.29. The van der Waals surface area contributed by atoms with Crippen LogP contribution in [0.2, 0.25) is 0 Å². The minimum absolute atomic E-state index is 1.11. The number of benzene rings is 1. The van der Waals surface area contributed by atoms with Gasteiger partial charge in [-0.3, -0.25) is 0 Å². The molecule has 0 saturated heterocycles. The standard InChI is InChI=1S/C16H18/c1-4-6-15-13(5-2)8-9-14-11-12(3)7-10-16(14)15/h4-7,10-11H,2,8-9H2,1,3H3/b6-4-.